The van der Waals surface area contributed by atoms with E-state index in [2.05, 4.69) is 0 Å². The second kappa shape index (κ2) is 8.38. The highest BCUT2D eigenvalue weighted by Crippen LogP contribution is 1.71. The Kier molecular flexibility index (Phi) is 9.14. The average Bonchev–Trinajstić information content (AvgIpc) is 2.15. The molecule has 0 aliphatic heterocycles. The Morgan fingerprint density at radius 1 is 0.929 bits per heavy atom. The molecule has 0 radical (unpaired) electrons. The van der Waals surface area contributed by atoms with Gasteiger partial charge < -0.3 is 31.9 Å². The molecule has 84 valence electrons. The molecule has 2 atom stereocenters. The number of nitrogens with two attached hydrogens (primary N) is 2. The summed E-state index contributed by atoms with van der Waals surface area (Å²) < 4.78 is 0. The second-order valence-corrected chi connectivity index (χ2v) is 2.25. The summed E-state index contributed by atoms with van der Waals surface area (Å²) in [6.45, 7) is -1.01. The fraction of sp³-hybridized carbons (Fsp3) is 0.667. The number of rotatable bonds is 4. The summed E-state index contributed by atoms with van der Waals surface area (Å²) in [5, 5.41) is 31.8. The predicted molar refractivity (Wildman–Crippen MR) is 45.4 cm³/mol. The molecule has 0 aliphatic carbocycles. The average molecular weight is 210 g/mol. The number of aliphatic carboxylic acids is 2. The normalized spacial score (nSPS) is 13.4. The smallest absolute Gasteiger partial charge is 0.322 e. The van der Waals surface area contributed by atoms with Crippen molar-refractivity contribution >= 4 is 11.9 Å². The maximum Gasteiger partial charge on any atom is 0.322 e. The highest BCUT2D eigenvalue weighted by atomic mass is 16.4. The molecule has 0 amide bonds. The molecule has 0 bridgehead atoms. The van der Waals surface area contributed by atoms with Crippen LogP contribution in [0.15, 0.2) is 0 Å². The quantitative estimate of drug-likeness (QED) is 0.281. The van der Waals surface area contributed by atoms with Gasteiger partial charge in [0.25, 0.3) is 0 Å². The van der Waals surface area contributed by atoms with Crippen molar-refractivity contribution in [1.82, 2.24) is 0 Å². The van der Waals surface area contributed by atoms with Crippen molar-refractivity contribution in [3.8, 4) is 0 Å². The zero-order chi connectivity index (χ0) is 11.7. The third kappa shape index (κ3) is 8.87. The van der Waals surface area contributed by atoms with Crippen molar-refractivity contribution in [3.63, 3.8) is 0 Å². The molecule has 8 nitrogen and oxygen atoms in total. The number of hydrogen-bond acceptors (Lipinski definition) is 6. The Balaban J connectivity index is 0. The van der Waals surface area contributed by atoms with Gasteiger partial charge in [0.05, 0.1) is 13.2 Å². The molecule has 0 aliphatic rings. The Labute approximate surface area is 79.7 Å². The molecular formula is C6H14N2O6. The lowest BCUT2D eigenvalue weighted by Gasteiger charge is -1.96. The van der Waals surface area contributed by atoms with Crippen LogP contribution in [0.4, 0.5) is 0 Å². The highest BCUT2D eigenvalue weighted by Gasteiger charge is 2.07. The number of hydrogen-bond donors (Lipinski definition) is 6. The van der Waals surface area contributed by atoms with Crippen molar-refractivity contribution in [1.29, 1.82) is 0 Å². The van der Waals surface area contributed by atoms with Gasteiger partial charge >= 0.3 is 11.9 Å². The van der Waals surface area contributed by atoms with Crippen LogP contribution in [-0.4, -0.2) is 57.7 Å². The minimum absolute atomic E-state index is 0.505. The first-order valence-electron chi connectivity index (χ1n) is 3.55. The van der Waals surface area contributed by atoms with Crippen LogP contribution < -0.4 is 11.5 Å². The Morgan fingerprint density at radius 3 is 1.14 bits per heavy atom. The summed E-state index contributed by atoms with van der Waals surface area (Å²) in [4.78, 5) is 19.3. The lowest BCUT2D eigenvalue weighted by Crippen LogP contribution is -2.33. The largest absolute Gasteiger partial charge is 0.480 e. The van der Waals surface area contributed by atoms with Gasteiger partial charge in [-0.2, -0.15) is 0 Å². The zero-order valence-corrected chi connectivity index (χ0v) is 7.33. The second-order valence-electron chi connectivity index (χ2n) is 2.25. The molecule has 14 heavy (non-hydrogen) atoms. The number of aliphatic hydroxyl groups is 2. The van der Waals surface area contributed by atoms with E-state index in [4.69, 9.17) is 31.9 Å². The van der Waals surface area contributed by atoms with Crippen LogP contribution >= 0.6 is 0 Å². The van der Waals surface area contributed by atoms with Gasteiger partial charge in [-0.1, -0.05) is 0 Å². The van der Waals surface area contributed by atoms with E-state index in [1.807, 2.05) is 0 Å². The third-order valence-electron chi connectivity index (χ3n) is 1.03. The summed E-state index contributed by atoms with van der Waals surface area (Å²) in [5.41, 5.74) is 9.53. The van der Waals surface area contributed by atoms with Crippen molar-refractivity contribution in [3.05, 3.63) is 0 Å². The molecule has 0 aromatic carbocycles. The van der Waals surface area contributed by atoms with E-state index in [1.165, 1.54) is 0 Å². The van der Waals surface area contributed by atoms with Gasteiger partial charge in [0, 0.05) is 0 Å². The molecule has 0 unspecified atom stereocenters. The van der Waals surface area contributed by atoms with Gasteiger partial charge in [-0.15, -0.1) is 0 Å². The summed E-state index contributed by atoms with van der Waals surface area (Å²) in [7, 11) is 0. The van der Waals surface area contributed by atoms with Crippen LogP contribution in [0.5, 0.6) is 0 Å². The minimum atomic E-state index is -1.18. The Bertz CT molecular complexity index is 165. The SMILES string of the molecule is N[C@H](CO)C(=O)O.N[C@H](CO)C(=O)O. The van der Waals surface area contributed by atoms with Crippen LogP contribution in [0, 0.1) is 0 Å². The van der Waals surface area contributed by atoms with Crippen molar-refractivity contribution in [2.24, 2.45) is 11.5 Å². The fourth-order valence-corrected chi connectivity index (χ4v) is 0.156. The maximum atomic E-state index is 9.65. The van der Waals surface area contributed by atoms with Gasteiger partial charge in [0.15, 0.2) is 0 Å². The van der Waals surface area contributed by atoms with E-state index in [0.29, 0.717) is 0 Å². The first kappa shape index (κ1) is 15.3. The van der Waals surface area contributed by atoms with Gasteiger partial charge in [-0.25, -0.2) is 0 Å². The zero-order valence-electron chi connectivity index (χ0n) is 7.33. The molecule has 0 saturated heterocycles. The minimum Gasteiger partial charge on any atom is -0.480 e. The van der Waals surface area contributed by atoms with E-state index in [9.17, 15) is 9.59 Å². The molecule has 0 heterocycles. The van der Waals surface area contributed by atoms with E-state index in [0.717, 1.165) is 0 Å². The Hall–Kier alpha value is -1.22. The number of carbonyl (C=O) groups is 2. The summed E-state index contributed by atoms with van der Waals surface area (Å²) in [6, 6.07) is -2.25. The lowest BCUT2D eigenvalue weighted by molar-refractivity contribution is -0.140. The molecule has 0 aromatic rings. The van der Waals surface area contributed by atoms with E-state index in [1.54, 1.807) is 0 Å². The van der Waals surface area contributed by atoms with Gasteiger partial charge in [0.1, 0.15) is 12.1 Å². The number of aliphatic hydroxyl groups excluding tert-OH is 2. The molecule has 0 spiro atoms. The first-order valence-corrected chi connectivity index (χ1v) is 3.55. The molecule has 0 saturated carbocycles. The fourth-order valence-electron chi connectivity index (χ4n) is 0.156. The molecule has 8 N–H and O–H groups in total. The van der Waals surface area contributed by atoms with Gasteiger partial charge in [0.2, 0.25) is 0 Å². The van der Waals surface area contributed by atoms with E-state index < -0.39 is 37.2 Å². The van der Waals surface area contributed by atoms with Crippen molar-refractivity contribution in [2.45, 2.75) is 12.1 Å². The molecular weight excluding hydrogens is 196 g/mol. The van der Waals surface area contributed by atoms with Crippen molar-refractivity contribution in [2.75, 3.05) is 13.2 Å². The molecule has 0 aromatic heterocycles. The predicted octanol–water partition coefficient (Wildman–Crippen LogP) is -3.22. The first-order chi connectivity index (χ1) is 6.36. The molecule has 0 fully saturated rings. The Morgan fingerprint density at radius 2 is 1.14 bits per heavy atom. The van der Waals surface area contributed by atoms with Crippen LogP contribution in [0.1, 0.15) is 0 Å². The maximum absolute atomic E-state index is 9.65. The number of carboxylic acids is 2. The topological polar surface area (TPSA) is 167 Å². The third-order valence-corrected chi connectivity index (χ3v) is 1.03. The van der Waals surface area contributed by atoms with Crippen LogP contribution in [0.25, 0.3) is 0 Å². The van der Waals surface area contributed by atoms with Gasteiger partial charge in [-0.3, -0.25) is 9.59 Å². The monoisotopic (exact) mass is 210 g/mol. The standard InChI is InChI=1S/2C3H7NO3/c2*4-2(1-5)3(6)7/h2*2,5H,1,4H2,(H,6,7)/t2*2-/m11/s1. The van der Waals surface area contributed by atoms with Crippen LogP contribution in [-0.2, 0) is 9.59 Å². The number of carboxylic acid groups (broad SMARTS) is 2. The summed E-state index contributed by atoms with van der Waals surface area (Å²) >= 11 is 0. The van der Waals surface area contributed by atoms with Crippen LogP contribution in [0.2, 0.25) is 0 Å². The van der Waals surface area contributed by atoms with Crippen molar-refractivity contribution < 1.29 is 30.0 Å². The van der Waals surface area contributed by atoms with E-state index in [-0.39, 0.29) is 0 Å². The summed E-state index contributed by atoms with van der Waals surface area (Å²) in [5.74, 6) is -2.36. The summed E-state index contributed by atoms with van der Waals surface area (Å²) in [6.07, 6.45) is 0. The molecule has 8 heteroatoms. The van der Waals surface area contributed by atoms with Gasteiger partial charge in [-0.05, 0) is 0 Å². The lowest BCUT2D eigenvalue weighted by atomic mass is 10.3. The highest BCUT2D eigenvalue weighted by molar-refractivity contribution is 5.73. The van der Waals surface area contributed by atoms with E-state index >= 15 is 0 Å². The van der Waals surface area contributed by atoms with Crippen LogP contribution in [0.3, 0.4) is 0 Å². The molecule has 0 rings (SSSR count).